The maximum atomic E-state index is 10.7. The minimum Gasteiger partial charge on any atom is -0.478 e. The molecule has 14 heavy (non-hydrogen) atoms. The van der Waals surface area contributed by atoms with Gasteiger partial charge in [0.05, 0.1) is 6.20 Å². The first-order chi connectivity index (χ1) is 6.56. The molecule has 0 saturated carbocycles. The van der Waals surface area contributed by atoms with Crippen LogP contribution in [-0.2, 0) is 11.8 Å². The molecule has 0 aliphatic carbocycles. The van der Waals surface area contributed by atoms with Crippen molar-refractivity contribution in [2.45, 2.75) is 13.3 Å². The molecule has 0 unspecified atom stereocenters. The first-order valence-electron chi connectivity index (χ1n) is 4.17. The molecule has 0 amide bonds. The number of carboxylic acid groups (broad SMARTS) is 1. The molecule has 1 N–H and O–H groups in total. The number of aromatic nitrogens is 2. The minimum absolute atomic E-state index is 0.374. The molecule has 0 saturated heterocycles. The molecular weight excluding hydrogens is 248 g/mol. The van der Waals surface area contributed by atoms with Crippen molar-refractivity contribution in [2.24, 2.45) is 7.05 Å². The number of aliphatic carboxylic acids is 1. The molecule has 0 atom stereocenters. The summed E-state index contributed by atoms with van der Waals surface area (Å²) in [7, 11) is 1.79. The Balaban J connectivity index is 3.06. The van der Waals surface area contributed by atoms with Crippen molar-refractivity contribution in [1.29, 1.82) is 0 Å². The molecule has 4 nitrogen and oxygen atoms in total. The highest BCUT2D eigenvalue weighted by Crippen LogP contribution is 2.19. The fourth-order valence-corrected chi connectivity index (χ4v) is 1.35. The van der Waals surface area contributed by atoms with Crippen molar-refractivity contribution in [3.63, 3.8) is 0 Å². The van der Waals surface area contributed by atoms with E-state index in [4.69, 9.17) is 5.11 Å². The lowest BCUT2D eigenvalue weighted by Gasteiger charge is -1.97. The van der Waals surface area contributed by atoms with Crippen LogP contribution in [0.15, 0.2) is 16.4 Å². The van der Waals surface area contributed by atoms with E-state index in [0.717, 1.165) is 10.2 Å². The van der Waals surface area contributed by atoms with E-state index in [1.165, 1.54) is 0 Å². The molecule has 0 aromatic carbocycles. The highest BCUT2D eigenvalue weighted by atomic mass is 79.9. The van der Waals surface area contributed by atoms with Gasteiger partial charge in [-0.3, -0.25) is 4.68 Å². The van der Waals surface area contributed by atoms with E-state index < -0.39 is 5.97 Å². The van der Waals surface area contributed by atoms with Crippen LogP contribution in [0, 0.1) is 0 Å². The molecule has 1 rings (SSSR count). The summed E-state index contributed by atoms with van der Waals surface area (Å²) in [5.74, 6) is -0.886. The Morgan fingerprint density at radius 3 is 2.79 bits per heavy atom. The van der Waals surface area contributed by atoms with E-state index in [2.05, 4.69) is 21.0 Å². The monoisotopic (exact) mass is 258 g/mol. The smallest absolute Gasteiger partial charge is 0.331 e. The van der Waals surface area contributed by atoms with E-state index in [0.29, 0.717) is 12.0 Å². The first kappa shape index (κ1) is 11.0. The zero-order valence-electron chi connectivity index (χ0n) is 7.99. The number of nitrogens with zero attached hydrogens (tertiary/aromatic N) is 2. The van der Waals surface area contributed by atoms with Gasteiger partial charge in [0.1, 0.15) is 4.60 Å². The summed E-state index contributed by atoms with van der Waals surface area (Å²) in [6.45, 7) is 1.81. The Kier molecular flexibility index (Phi) is 3.46. The van der Waals surface area contributed by atoms with Crippen LogP contribution in [0.4, 0.5) is 0 Å². The van der Waals surface area contributed by atoms with Gasteiger partial charge in [0.2, 0.25) is 0 Å². The second-order valence-electron chi connectivity index (χ2n) is 2.84. The molecule has 76 valence electrons. The summed E-state index contributed by atoms with van der Waals surface area (Å²) in [5, 5.41) is 12.8. The molecule has 1 heterocycles. The molecule has 0 bridgehead atoms. The lowest BCUT2D eigenvalue weighted by Crippen LogP contribution is -1.98. The van der Waals surface area contributed by atoms with Gasteiger partial charge in [-0.05, 0) is 28.4 Å². The maximum Gasteiger partial charge on any atom is 0.331 e. The zero-order chi connectivity index (χ0) is 10.7. The summed E-state index contributed by atoms with van der Waals surface area (Å²) in [6, 6.07) is 0. The van der Waals surface area contributed by atoms with Gasteiger partial charge < -0.3 is 5.11 Å². The molecule has 1 aromatic rings. The van der Waals surface area contributed by atoms with Crippen LogP contribution >= 0.6 is 15.9 Å². The van der Waals surface area contributed by atoms with Crippen LogP contribution in [0.3, 0.4) is 0 Å². The predicted octanol–water partition coefficient (Wildman–Crippen LogP) is 2.06. The highest BCUT2D eigenvalue weighted by molar-refractivity contribution is 9.10. The Bertz CT molecular complexity index is 382. The van der Waals surface area contributed by atoms with E-state index in [1.807, 2.05) is 6.92 Å². The standard InChI is InChI=1S/C9H11BrN2O2/c1-3-6(9(13)14)4-7-5-11-12(2)8(7)10/h4-5H,3H2,1-2H3,(H,13,14)/b6-4+. The van der Waals surface area contributed by atoms with Gasteiger partial charge in [-0.1, -0.05) is 6.92 Å². The number of rotatable bonds is 3. The molecule has 0 spiro atoms. The van der Waals surface area contributed by atoms with Crippen LogP contribution in [-0.4, -0.2) is 20.9 Å². The number of carbonyl (C=O) groups is 1. The summed E-state index contributed by atoms with van der Waals surface area (Å²) in [5.41, 5.74) is 1.16. The average molecular weight is 259 g/mol. The lowest BCUT2D eigenvalue weighted by molar-refractivity contribution is -0.132. The van der Waals surface area contributed by atoms with Gasteiger partial charge in [-0.15, -0.1) is 0 Å². The zero-order valence-corrected chi connectivity index (χ0v) is 9.58. The SMILES string of the molecule is CC/C(=C\c1cnn(C)c1Br)C(=O)O. The summed E-state index contributed by atoms with van der Waals surface area (Å²) in [4.78, 5) is 10.7. The Morgan fingerprint density at radius 2 is 2.43 bits per heavy atom. The van der Waals surface area contributed by atoms with Crippen molar-refractivity contribution in [2.75, 3.05) is 0 Å². The van der Waals surface area contributed by atoms with E-state index in [1.54, 1.807) is 24.0 Å². The predicted molar refractivity (Wildman–Crippen MR) is 56.8 cm³/mol. The minimum atomic E-state index is -0.886. The number of hydrogen-bond donors (Lipinski definition) is 1. The van der Waals surface area contributed by atoms with Crippen molar-refractivity contribution >= 4 is 28.0 Å². The fraction of sp³-hybridized carbons (Fsp3) is 0.333. The van der Waals surface area contributed by atoms with Gasteiger partial charge in [0, 0.05) is 18.2 Å². The van der Waals surface area contributed by atoms with Crippen LogP contribution in [0.1, 0.15) is 18.9 Å². The van der Waals surface area contributed by atoms with Crippen molar-refractivity contribution < 1.29 is 9.90 Å². The van der Waals surface area contributed by atoms with Crippen molar-refractivity contribution in [3.05, 3.63) is 21.9 Å². The largest absolute Gasteiger partial charge is 0.478 e. The van der Waals surface area contributed by atoms with Gasteiger partial charge in [-0.25, -0.2) is 4.79 Å². The first-order valence-corrected chi connectivity index (χ1v) is 4.97. The lowest BCUT2D eigenvalue weighted by atomic mass is 10.1. The van der Waals surface area contributed by atoms with E-state index in [9.17, 15) is 4.79 Å². The topological polar surface area (TPSA) is 55.1 Å². The molecular formula is C9H11BrN2O2. The summed E-state index contributed by atoms with van der Waals surface area (Å²) < 4.78 is 2.42. The van der Waals surface area contributed by atoms with Gasteiger partial charge in [-0.2, -0.15) is 5.10 Å². The van der Waals surface area contributed by atoms with Crippen LogP contribution in [0.25, 0.3) is 6.08 Å². The van der Waals surface area contributed by atoms with Crippen LogP contribution in [0.5, 0.6) is 0 Å². The highest BCUT2D eigenvalue weighted by Gasteiger charge is 2.08. The Morgan fingerprint density at radius 1 is 1.79 bits per heavy atom. The normalized spacial score (nSPS) is 11.8. The van der Waals surface area contributed by atoms with Gasteiger partial charge >= 0.3 is 5.97 Å². The van der Waals surface area contributed by atoms with E-state index in [-0.39, 0.29) is 0 Å². The molecule has 0 aliphatic heterocycles. The average Bonchev–Trinajstić information content (AvgIpc) is 2.44. The van der Waals surface area contributed by atoms with E-state index >= 15 is 0 Å². The third-order valence-electron chi connectivity index (χ3n) is 1.88. The molecule has 5 heteroatoms. The van der Waals surface area contributed by atoms with Crippen molar-refractivity contribution in [1.82, 2.24) is 9.78 Å². The second-order valence-corrected chi connectivity index (χ2v) is 3.59. The van der Waals surface area contributed by atoms with Crippen molar-refractivity contribution in [3.8, 4) is 0 Å². The Hall–Kier alpha value is -1.10. The third kappa shape index (κ3) is 2.23. The van der Waals surface area contributed by atoms with Gasteiger partial charge in [0.25, 0.3) is 0 Å². The molecule has 0 aliphatic rings. The second kappa shape index (κ2) is 4.41. The number of hydrogen-bond acceptors (Lipinski definition) is 2. The number of aryl methyl sites for hydroxylation is 1. The molecule has 0 radical (unpaired) electrons. The molecule has 0 fully saturated rings. The quantitative estimate of drug-likeness (QED) is 0.845. The summed E-state index contributed by atoms with van der Waals surface area (Å²) >= 11 is 3.32. The van der Waals surface area contributed by atoms with Gasteiger partial charge in [0.15, 0.2) is 0 Å². The molecule has 1 aromatic heterocycles. The third-order valence-corrected chi connectivity index (χ3v) is 2.85. The van der Waals surface area contributed by atoms with Crippen LogP contribution in [0.2, 0.25) is 0 Å². The van der Waals surface area contributed by atoms with Crippen LogP contribution < -0.4 is 0 Å². The fourth-order valence-electron chi connectivity index (χ4n) is 1.04. The maximum absolute atomic E-state index is 10.7. The number of halogens is 1. The summed E-state index contributed by atoms with van der Waals surface area (Å²) in [6.07, 6.45) is 3.75. The Labute approximate surface area is 90.4 Å². The number of carboxylic acids is 1.